The van der Waals surface area contributed by atoms with Crippen LogP contribution in [0.5, 0.6) is 0 Å². The van der Waals surface area contributed by atoms with Crippen molar-refractivity contribution in [3.63, 3.8) is 0 Å². The van der Waals surface area contributed by atoms with Crippen molar-refractivity contribution >= 4 is 11.6 Å². The summed E-state index contributed by atoms with van der Waals surface area (Å²) in [6.07, 6.45) is 3.78. The van der Waals surface area contributed by atoms with Crippen molar-refractivity contribution in [2.24, 2.45) is 17.7 Å². The summed E-state index contributed by atoms with van der Waals surface area (Å²) in [5.41, 5.74) is 3.63. The van der Waals surface area contributed by atoms with Crippen LogP contribution in [0.2, 0.25) is 0 Å². The molecule has 1 aliphatic rings. The molecule has 4 N–H and O–H groups in total. The molecule has 106 valence electrons. The van der Waals surface area contributed by atoms with Crippen molar-refractivity contribution in [1.82, 2.24) is 9.97 Å². The Balaban J connectivity index is 2.18. The lowest BCUT2D eigenvalue weighted by Gasteiger charge is -2.23. The topological polar surface area (TPSA) is 75.9 Å². The summed E-state index contributed by atoms with van der Waals surface area (Å²) in [6.45, 7) is 8.50. The Morgan fingerprint density at radius 3 is 2.47 bits per heavy atom. The third kappa shape index (κ3) is 2.81. The molecule has 3 unspecified atom stereocenters. The zero-order valence-corrected chi connectivity index (χ0v) is 12.3. The van der Waals surface area contributed by atoms with Gasteiger partial charge in [-0.2, -0.15) is 0 Å². The molecule has 1 heterocycles. The average Bonchev–Trinajstić information content (AvgIpc) is 2.74. The average molecular weight is 263 g/mol. The second kappa shape index (κ2) is 5.74. The smallest absolute Gasteiger partial charge is 0.148 e. The minimum atomic E-state index is 0.503. The Labute approximate surface area is 115 Å². The lowest BCUT2D eigenvalue weighted by molar-refractivity contribution is 0.391. The predicted molar refractivity (Wildman–Crippen MR) is 78.9 cm³/mol. The summed E-state index contributed by atoms with van der Waals surface area (Å²) in [6, 6.07) is 0.503. The fourth-order valence-electron chi connectivity index (χ4n) is 3.11. The molecule has 0 saturated heterocycles. The fourth-order valence-corrected chi connectivity index (χ4v) is 3.11. The van der Waals surface area contributed by atoms with E-state index in [1.54, 1.807) is 0 Å². The summed E-state index contributed by atoms with van der Waals surface area (Å²) in [4.78, 5) is 8.80. The summed E-state index contributed by atoms with van der Waals surface area (Å²) in [7, 11) is 0. The molecule has 5 heteroatoms. The van der Waals surface area contributed by atoms with Crippen LogP contribution in [-0.4, -0.2) is 16.0 Å². The molecule has 0 spiro atoms. The molecule has 0 aliphatic heterocycles. The summed E-state index contributed by atoms with van der Waals surface area (Å²) < 4.78 is 0. The van der Waals surface area contributed by atoms with Crippen LogP contribution < -0.4 is 16.6 Å². The molecule has 1 aromatic rings. The maximum Gasteiger partial charge on any atom is 0.148 e. The molecule has 1 aliphatic carbocycles. The Morgan fingerprint density at radius 2 is 1.89 bits per heavy atom. The fraction of sp³-hybridized carbons (Fsp3) is 0.714. The van der Waals surface area contributed by atoms with Gasteiger partial charge in [-0.15, -0.1) is 0 Å². The van der Waals surface area contributed by atoms with Crippen LogP contribution in [0.15, 0.2) is 0 Å². The first-order chi connectivity index (χ1) is 9.06. The van der Waals surface area contributed by atoms with E-state index in [4.69, 9.17) is 5.84 Å². The first kappa shape index (κ1) is 14.1. The van der Waals surface area contributed by atoms with Gasteiger partial charge in [0.05, 0.1) is 0 Å². The van der Waals surface area contributed by atoms with Crippen LogP contribution in [0.4, 0.5) is 11.6 Å². The SMILES string of the molecule is CCC1CCC(Nc2nc(C)nc(NN)c2C)C1C. The number of aryl methyl sites for hydroxylation is 1. The monoisotopic (exact) mass is 263 g/mol. The number of hydrazine groups is 1. The van der Waals surface area contributed by atoms with Crippen molar-refractivity contribution in [3.05, 3.63) is 11.4 Å². The van der Waals surface area contributed by atoms with Crippen molar-refractivity contribution in [3.8, 4) is 0 Å². The van der Waals surface area contributed by atoms with Crippen molar-refractivity contribution in [2.45, 2.75) is 53.0 Å². The van der Waals surface area contributed by atoms with Gasteiger partial charge in [0.25, 0.3) is 0 Å². The van der Waals surface area contributed by atoms with E-state index >= 15 is 0 Å². The highest BCUT2D eigenvalue weighted by atomic mass is 15.3. The Hall–Kier alpha value is -1.36. The van der Waals surface area contributed by atoms with Gasteiger partial charge in [-0.05, 0) is 38.5 Å². The van der Waals surface area contributed by atoms with Crippen LogP contribution in [0, 0.1) is 25.7 Å². The molecule has 2 rings (SSSR count). The molecule has 0 radical (unpaired) electrons. The van der Waals surface area contributed by atoms with Gasteiger partial charge in [0.15, 0.2) is 0 Å². The number of hydrogen-bond donors (Lipinski definition) is 3. The number of aromatic nitrogens is 2. The van der Waals surface area contributed by atoms with Gasteiger partial charge >= 0.3 is 0 Å². The number of nitrogens with one attached hydrogen (secondary N) is 2. The maximum atomic E-state index is 5.50. The van der Waals surface area contributed by atoms with Crippen molar-refractivity contribution in [1.29, 1.82) is 0 Å². The number of nitrogens with zero attached hydrogens (tertiary/aromatic N) is 2. The first-order valence-electron chi connectivity index (χ1n) is 7.15. The summed E-state index contributed by atoms with van der Waals surface area (Å²) >= 11 is 0. The third-order valence-corrected chi connectivity index (χ3v) is 4.47. The molecule has 1 fully saturated rings. The summed E-state index contributed by atoms with van der Waals surface area (Å²) in [5, 5.41) is 3.59. The quantitative estimate of drug-likeness (QED) is 0.575. The first-order valence-corrected chi connectivity index (χ1v) is 7.15. The van der Waals surface area contributed by atoms with Gasteiger partial charge in [0.1, 0.15) is 17.5 Å². The number of hydrogen-bond acceptors (Lipinski definition) is 5. The molecule has 5 nitrogen and oxygen atoms in total. The second-order valence-corrected chi connectivity index (χ2v) is 5.59. The molecular formula is C14H25N5. The van der Waals surface area contributed by atoms with Gasteiger partial charge in [-0.25, -0.2) is 15.8 Å². The Kier molecular flexibility index (Phi) is 4.24. The van der Waals surface area contributed by atoms with E-state index < -0.39 is 0 Å². The summed E-state index contributed by atoms with van der Waals surface area (Å²) in [5.74, 6) is 9.36. The Morgan fingerprint density at radius 1 is 1.21 bits per heavy atom. The molecule has 19 heavy (non-hydrogen) atoms. The van der Waals surface area contributed by atoms with Crippen LogP contribution in [0.3, 0.4) is 0 Å². The standard InChI is InChI=1S/C14H25N5/c1-5-11-6-7-12(8(11)2)18-13-9(3)14(19-15)17-10(4)16-13/h8,11-12H,5-7,15H2,1-4H3,(H2,16,17,18,19). The van der Waals surface area contributed by atoms with Crippen LogP contribution in [0.25, 0.3) is 0 Å². The van der Waals surface area contributed by atoms with E-state index in [1.165, 1.54) is 19.3 Å². The molecule has 1 aromatic heterocycles. The van der Waals surface area contributed by atoms with Gasteiger partial charge in [-0.3, -0.25) is 0 Å². The molecule has 0 bridgehead atoms. The highest BCUT2D eigenvalue weighted by molar-refractivity contribution is 5.57. The van der Waals surface area contributed by atoms with E-state index in [2.05, 4.69) is 34.6 Å². The lowest BCUT2D eigenvalue weighted by atomic mass is 9.93. The van der Waals surface area contributed by atoms with Crippen LogP contribution >= 0.6 is 0 Å². The van der Waals surface area contributed by atoms with E-state index in [-0.39, 0.29) is 0 Å². The van der Waals surface area contributed by atoms with Crippen LogP contribution in [-0.2, 0) is 0 Å². The van der Waals surface area contributed by atoms with E-state index in [1.807, 2.05) is 13.8 Å². The van der Waals surface area contributed by atoms with Gasteiger partial charge in [0, 0.05) is 11.6 Å². The number of rotatable bonds is 4. The predicted octanol–water partition coefficient (Wildman–Crippen LogP) is 2.62. The normalized spacial score (nSPS) is 26.5. The van der Waals surface area contributed by atoms with E-state index in [0.717, 1.165) is 23.1 Å². The molecule has 0 aromatic carbocycles. The molecule has 1 saturated carbocycles. The van der Waals surface area contributed by atoms with E-state index in [0.29, 0.717) is 17.8 Å². The highest BCUT2D eigenvalue weighted by Gasteiger charge is 2.32. The minimum absolute atomic E-state index is 0.503. The lowest BCUT2D eigenvalue weighted by Crippen LogP contribution is -2.26. The zero-order valence-electron chi connectivity index (χ0n) is 12.3. The number of nitrogen functional groups attached to an aromatic ring is 1. The third-order valence-electron chi connectivity index (χ3n) is 4.47. The Bertz CT molecular complexity index is 446. The number of anilines is 2. The maximum absolute atomic E-state index is 5.50. The van der Waals surface area contributed by atoms with Crippen LogP contribution in [0.1, 0.15) is 44.5 Å². The van der Waals surface area contributed by atoms with Gasteiger partial charge in [-0.1, -0.05) is 20.3 Å². The van der Waals surface area contributed by atoms with E-state index in [9.17, 15) is 0 Å². The molecule has 3 atom stereocenters. The van der Waals surface area contributed by atoms with Gasteiger partial charge in [0.2, 0.25) is 0 Å². The minimum Gasteiger partial charge on any atom is -0.367 e. The second-order valence-electron chi connectivity index (χ2n) is 5.59. The van der Waals surface area contributed by atoms with Crippen molar-refractivity contribution in [2.75, 3.05) is 10.7 Å². The molecule has 0 amide bonds. The zero-order chi connectivity index (χ0) is 14.0. The number of nitrogens with two attached hydrogens (primary N) is 1. The molecular weight excluding hydrogens is 238 g/mol. The van der Waals surface area contributed by atoms with Crippen molar-refractivity contribution < 1.29 is 0 Å². The largest absolute Gasteiger partial charge is 0.367 e. The highest BCUT2D eigenvalue weighted by Crippen LogP contribution is 2.36. The van der Waals surface area contributed by atoms with Gasteiger partial charge < -0.3 is 10.7 Å².